The molecule has 6 heteroatoms. The van der Waals surface area contributed by atoms with Crippen molar-refractivity contribution in [1.82, 2.24) is 0 Å². The van der Waals surface area contributed by atoms with E-state index in [0.29, 0.717) is 0 Å². The molecule has 0 bridgehead atoms. The van der Waals surface area contributed by atoms with E-state index in [-0.39, 0.29) is 34.3 Å². The molecule has 3 rings (SSSR count). The van der Waals surface area contributed by atoms with Crippen molar-refractivity contribution in [1.29, 1.82) is 0 Å². The van der Waals surface area contributed by atoms with Crippen LogP contribution in [-0.4, -0.2) is 44.2 Å². The number of hydrogen-bond acceptors (Lipinski definition) is 3. The smallest absolute Gasteiger partial charge is 0.407 e. The second-order valence-electron chi connectivity index (χ2n) is 10.7. The Morgan fingerprint density at radius 2 is 1.30 bits per heavy atom. The third-order valence-electron chi connectivity index (χ3n) is 6.82. The van der Waals surface area contributed by atoms with Gasteiger partial charge >= 0.3 is 7.12 Å². The molecule has 2 aromatic carbocycles. The molecule has 180 valence electrons. The monoisotopic (exact) mass is 482 g/mol. The Hall–Kier alpha value is -1.44. The molecular weight excluding hydrogens is 439 g/mol. The van der Waals surface area contributed by atoms with E-state index in [1.165, 1.54) is 10.4 Å². The Bertz CT molecular complexity index is 837. The van der Waals surface area contributed by atoms with Crippen LogP contribution in [0.2, 0.25) is 5.04 Å². The van der Waals surface area contributed by atoms with Gasteiger partial charge in [-0.1, -0.05) is 93.5 Å². The zero-order chi connectivity index (χ0) is 23.5. The zero-order valence-electron chi connectivity index (χ0n) is 20.9. The van der Waals surface area contributed by atoms with Gasteiger partial charge in [0.05, 0.1) is 11.2 Å². The van der Waals surface area contributed by atoms with Gasteiger partial charge in [0.25, 0.3) is 8.32 Å². The van der Waals surface area contributed by atoms with Crippen molar-refractivity contribution >= 4 is 36.8 Å². The van der Waals surface area contributed by atoms with Crippen molar-refractivity contribution in [2.75, 3.05) is 6.61 Å². The molecule has 1 aliphatic rings. The Morgan fingerprint density at radius 3 is 1.73 bits per heavy atom. The quantitative estimate of drug-likeness (QED) is 0.419. The van der Waals surface area contributed by atoms with Gasteiger partial charge in [-0.25, -0.2) is 0 Å². The van der Waals surface area contributed by atoms with Crippen LogP contribution in [0.15, 0.2) is 72.7 Å². The summed E-state index contributed by atoms with van der Waals surface area (Å²) in [7, 11) is -2.73. The number of benzene rings is 2. The van der Waals surface area contributed by atoms with Crippen molar-refractivity contribution in [2.45, 2.75) is 77.5 Å². The van der Waals surface area contributed by atoms with E-state index in [0.717, 1.165) is 19.4 Å². The van der Waals surface area contributed by atoms with Gasteiger partial charge in [-0.2, -0.15) is 0 Å². The van der Waals surface area contributed by atoms with E-state index in [9.17, 15) is 0 Å². The third kappa shape index (κ3) is 5.98. The van der Waals surface area contributed by atoms with Crippen LogP contribution in [0.25, 0.3) is 0 Å². The highest BCUT2D eigenvalue weighted by molar-refractivity contribution is 6.99. The maximum absolute atomic E-state index is 6.95. The lowest BCUT2D eigenvalue weighted by atomic mass is 9.89. The van der Waals surface area contributed by atoms with Gasteiger partial charge in [0.15, 0.2) is 0 Å². The number of hydrogen-bond donors (Lipinski definition) is 0. The van der Waals surface area contributed by atoms with Crippen LogP contribution in [0.3, 0.4) is 0 Å². The molecule has 0 N–H and O–H groups in total. The minimum atomic E-state index is -2.45. The van der Waals surface area contributed by atoms with Gasteiger partial charge in [-0.15, -0.1) is 0 Å². The summed E-state index contributed by atoms with van der Waals surface area (Å²) in [6.45, 7) is 16.0. The summed E-state index contributed by atoms with van der Waals surface area (Å²) in [5.41, 5.74) is -0.594. The van der Waals surface area contributed by atoms with Crippen molar-refractivity contribution in [2.24, 2.45) is 0 Å². The summed E-state index contributed by atoms with van der Waals surface area (Å²) in [6, 6.07) is 21.6. The number of rotatable bonds is 8. The molecule has 33 heavy (non-hydrogen) atoms. The van der Waals surface area contributed by atoms with Crippen LogP contribution in [0.5, 0.6) is 0 Å². The summed E-state index contributed by atoms with van der Waals surface area (Å²) >= 11 is 0. The lowest BCUT2D eigenvalue weighted by molar-refractivity contribution is 0.00578. The van der Waals surface area contributed by atoms with Crippen LogP contribution >= 0.6 is 0 Å². The first-order valence-corrected chi connectivity index (χ1v) is 13.7. The molecular formula is C27H43BO3Si2. The van der Waals surface area contributed by atoms with Gasteiger partial charge in [-0.05, 0) is 66.9 Å². The van der Waals surface area contributed by atoms with Crippen LogP contribution in [0.1, 0.15) is 61.3 Å². The summed E-state index contributed by atoms with van der Waals surface area (Å²) in [5.74, 6) is 2.04. The standard InChI is InChI=1S/C27H39BO3Si.H4Si/c1-25(2,3)32(23-17-11-8-12-18-23,24-19-13-9-14-20-24)29-22-16-10-15-21-28-30-26(4,5)27(6,7)31-28;/h8-9,11-15,17-21H,10,16,22H2,1-7H3;1H4/b21-15+;. The summed E-state index contributed by atoms with van der Waals surface area (Å²) < 4.78 is 19.1. The minimum Gasteiger partial charge on any atom is -0.407 e. The molecule has 0 unspecified atom stereocenters. The second-order valence-corrected chi connectivity index (χ2v) is 15.0. The highest BCUT2D eigenvalue weighted by atomic mass is 28.4. The van der Waals surface area contributed by atoms with Crippen LogP contribution in [0.4, 0.5) is 0 Å². The van der Waals surface area contributed by atoms with Crippen LogP contribution in [-0.2, 0) is 13.7 Å². The fourth-order valence-corrected chi connectivity index (χ4v) is 8.97. The predicted molar refractivity (Wildman–Crippen MR) is 149 cm³/mol. The molecule has 1 aliphatic heterocycles. The molecule has 0 spiro atoms. The molecule has 2 aromatic rings. The fraction of sp³-hybridized carbons (Fsp3) is 0.481. The molecule has 1 heterocycles. The van der Waals surface area contributed by atoms with Crippen LogP contribution < -0.4 is 10.4 Å². The van der Waals surface area contributed by atoms with E-state index in [4.69, 9.17) is 13.7 Å². The normalized spacial score (nSPS) is 17.8. The van der Waals surface area contributed by atoms with E-state index >= 15 is 0 Å². The van der Waals surface area contributed by atoms with Crippen molar-refractivity contribution < 1.29 is 13.7 Å². The molecule has 0 atom stereocenters. The lowest BCUT2D eigenvalue weighted by Gasteiger charge is -2.43. The van der Waals surface area contributed by atoms with Crippen LogP contribution in [0, 0.1) is 0 Å². The van der Waals surface area contributed by atoms with Gasteiger partial charge in [0.2, 0.25) is 0 Å². The van der Waals surface area contributed by atoms with E-state index in [1.54, 1.807) is 0 Å². The average Bonchev–Trinajstić information content (AvgIpc) is 2.94. The Kier molecular flexibility index (Phi) is 9.16. The first-order chi connectivity index (χ1) is 15.0. The first kappa shape index (κ1) is 27.8. The SMILES string of the molecule is CC1(C)OB(/C=C/CCCO[Si](c2ccccc2)(c2ccccc2)C(C)(C)C)OC1(C)C.[SiH4]. The highest BCUT2D eigenvalue weighted by Gasteiger charge is 2.51. The summed E-state index contributed by atoms with van der Waals surface area (Å²) in [6.07, 6.45) is 4.06. The van der Waals surface area contributed by atoms with Gasteiger partial charge in [0, 0.05) is 6.61 Å². The van der Waals surface area contributed by atoms with Crippen molar-refractivity contribution in [3.8, 4) is 0 Å². The molecule has 0 saturated carbocycles. The molecule has 0 aromatic heterocycles. The summed E-state index contributed by atoms with van der Waals surface area (Å²) in [4.78, 5) is 0. The lowest BCUT2D eigenvalue weighted by Crippen LogP contribution is -2.66. The second kappa shape index (κ2) is 10.9. The molecule has 0 radical (unpaired) electrons. The van der Waals surface area contributed by atoms with Crippen molar-refractivity contribution in [3.05, 3.63) is 72.7 Å². The van der Waals surface area contributed by atoms with Gasteiger partial charge in [-0.3, -0.25) is 0 Å². The molecule has 1 saturated heterocycles. The van der Waals surface area contributed by atoms with Crippen molar-refractivity contribution in [3.63, 3.8) is 0 Å². The molecule has 3 nitrogen and oxygen atoms in total. The molecule has 1 fully saturated rings. The predicted octanol–water partition coefficient (Wildman–Crippen LogP) is 4.08. The summed E-state index contributed by atoms with van der Waals surface area (Å²) in [5, 5.41) is 2.66. The average molecular weight is 483 g/mol. The maximum atomic E-state index is 6.95. The molecule has 0 aliphatic carbocycles. The fourth-order valence-electron chi connectivity index (χ4n) is 4.36. The van der Waals surface area contributed by atoms with E-state index in [1.807, 2.05) is 5.98 Å². The first-order valence-electron chi connectivity index (χ1n) is 11.8. The third-order valence-corrected chi connectivity index (χ3v) is 11.9. The largest absolute Gasteiger partial charge is 0.486 e. The van der Waals surface area contributed by atoms with Gasteiger partial charge in [0.1, 0.15) is 0 Å². The Balaban J connectivity index is 0.00000385. The number of unbranched alkanes of at least 4 members (excludes halogenated alkanes) is 1. The minimum absolute atomic E-state index is 0. The Labute approximate surface area is 207 Å². The topological polar surface area (TPSA) is 27.7 Å². The van der Waals surface area contributed by atoms with E-state index < -0.39 is 8.32 Å². The number of allylic oxidation sites excluding steroid dienone is 1. The highest BCUT2D eigenvalue weighted by Crippen LogP contribution is 2.38. The maximum Gasteiger partial charge on any atom is 0.486 e. The molecule has 0 amide bonds. The zero-order valence-corrected chi connectivity index (χ0v) is 21.9. The van der Waals surface area contributed by atoms with E-state index in [2.05, 4.69) is 115 Å². The Morgan fingerprint density at radius 1 is 0.848 bits per heavy atom. The van der Waals surface area contributed by atoms with Gasteiger partial charge < -0.3 is 13.7 Å².